The van der Waals surface area contributed by atoms with Gasteiger partial charge in [0.25, 0.3) is 62.4 Å². The van der Waals surface area contributed by atoms with E-state index in [9.17, 15) is 79.2 Å². The van der Waals surface area contributed by atoms with Gasteiger partial charge < -0.3 is 33.4 Å². The zero-order valence-corrected chi connectivity index (χ0v) is 53.8. The molecule has 0 saturated carbocycles. The normalized spacial score (nSPS) is 19.0. The molecule has 1 fully saturated rings. The number of allylic oxidation sites excluding steroid dienone is 8. The topological polar surface area (TPSA) is 388 Å². The van der Waals surface area contributed by atoms with E-state index in [4.69, 9.17) is 28.5 Å². The van der Waals surface area contributed by atoms with Crippen molar-refractivity contribution >= 4 is 107 Å². The number of fused-ring (bicyclic) bond motifs is 6. The zero-order valence-electron chi connectivity index (χ0n) is 49.7. The molecule has 492 valence electrons. The van der Waals surface area contributed by atoms with Crippen LogP contribution in [0, 0.1) is 0 Å². The zero-order chi connectivity index (χ0) is 66.0. The number of carbonyl (C=O) groups is 3. The first-order valence-corrected chi connectivity index (χ1v) is 35.6. The van der Waals surface area contributed by atoms with Gasteiger partial charge in [-0.2, -0.15) is 46.7 Å². The fourth-order valence-electron chi connectivity index (χ4n) is 11.5. The summed E-state index contributed by atoms with van der Waals surface area (Å²) in [5.41, 5.74) is 0.241. The van der Waals surface area contributed by atoms with E-state index in [0.29, 0.717) is 83.8 Å². The van der Waals surface area contributed by atoms with Crippen LogP contribution in [0.1, 0.15) is 82.8 Å². The molecule has 0 aliphatic carbocycles. The van der Waals surface area contributed by atoms with E-state index in [1.54, 1.807) is 73.3 Å². The number of unbranched alkanes of at least 4 members (excludes halogenated alkanes) is 2. The summed E-state index contributed by atoms with van der Waals surface area (Å²) in [5.74, 6) is -2.72. The molecule has 4 aromatic carbocycles. The van der Waals surface area contributed by atoms with Crippen LogP contribution < -0.4 is 4.90 Å². The second-order valence-corrected chi connectivity index (χ2v) is 28.9. The minimum atomic E-state index is -5.12. The van der Waals surface area contributed by atoms with Gasteiger partial charge in [0.1, 0.15) is 16.4 Å². The van der Waals surface area contributed by atoms with Gasteiger partial charge in [-0.1, -0.05) is 42.9 Å². The van der Waals surface area contributed by atoms with Crippen molar-refractivity contribution < 1.29 is 112 Å². The Balaban J connectivity index is 1.28. The molecule has 0 aromatic heterocycles. The second-order valence-electron chi connectivity index (χ2n) is 21.7. The lowest BCUT2D eigenvalue weighted by Crippen LogP contribution is -2.32. The fraction of sp³-hybridized carbons (Fsp3) is 0.448. The van der Waals surface area contributed by atoms with Gasteiger partial charge in [-0.3, -0.25) is 32.4 Å². The van der Waals surface area contributed by atoms with Crippen LogP contribution in [0.15, 0.2) is 116 Å². The summed E-state index contributed by atoms with van der Waals surface area (Å²) in [6.45, 7) is 5.82. The Morgan fingerprint density at radius 2 is 1.11 bits per heavy atom. The molecule has 2 amide bonds. The molecule has 32 heteroatoms. The monoisotopic (exact) mass is 1350 g/mol. The third-order valence-electron chi connectivity index (χ3n) is 15.6. The van der Waals surface area contributed by atoms with E-state index in [1.165, 1.54) is 19.2 Å². The number of hydrogen-bond acceptors (Lipinski definition) is 20. The van der Waals surface area contributed by atoms with Crippen LogP contribution in [0.4, 0.5) is 11.4 Å². The molecule has 0 spiro atoms. The lowest BCUT2D eigenvalue weighted by atomic mass is 9.74. The molecule has 0 bridgehead atoms. The second kappa shape index (κ2) is 29.6. The van der Waals surface area contributed by atoms with Crippen LogP contribution >= 0.6 is 0 Å². The van der Waals surface area contributed by atoms with Crippen LogP contribution in [0.2, 0.25) is 0 Å². The summed E-state index contributed by atoms with van der Waals surface area (Å²) >= 11 is 0. The summed E-state index contributed by atoms with van der Waals surface area (Å²) in [4.78, 5) is 40.6. The minimum absolute atomic E-state index is 0.00552. The van der Waals surface area contributed by atoms with Crippen molar-refractivity contribution in [1.29, 1.82) is 0 Å². The number of carbonyl (C=O) groups excluding carboxylic acids is 3. The summed E-state index contributed by atoms with van der Waals surface area (Å²) in [6.07, 6.45) is 12.5. The highest BCUT2D eigenvalue weighted by atomic mass is 32.2. The molecule has 3 heterocycles. The molecule has 27 nitrogen and oxygen atoms in total. The Bertz CT molecular complexity index is 4150. The maximum atomic E-state index is 13.0. The minimum Gasteiger partial charge on any atom is -0.382 e. The third-order valence-corrected chi connectivity index (χ3v) is 19.8. The van der Waals surface area contributed by atoms with E-state index >= 15 is 0 Å². The maximum Gasteiger partial charge on any atom is 0.333 e. The lowest BCUT2D eigenvalue weighted by molar-refractivity contribution is -0.441. The molecule has 0 radical (unpaired) electrons. The number of rotatable bonds is 34. The summed E-state index contributed by atoms with van der Waals surface area (Å²) in [6, 6.07) is 9.40. The highest BCUT2D eigenvalue weighted by molar-refractivity contribution is 7.87. The first-order chi connectivity index (χ1) is 42.3. The Hall–Kier alpha value is -6.21. The van der Waals surface area contributed by atoms with Gasteiger partial charge in [0.05, 0.1) is 60.6 Å². The Kier molecular flexibility index (Phi) is 23.4. The lowest BCUT2D eigenvalue weighted by Gasteiger charge is -2.31. The number of anilines is 1. The number of benzene rings is 4. The van der Waals surface area contributed by atoms with Crippen LogP contribution in [0.5, 0.6) is 0 Å². The average Bonchev–Trinajstić information content (AvgIpc) is 1.53. The molecule has 5 N–H and O–H groups in total. The summed E-state index contributed by atoms with van der Waals surface area (Å²) in [5, 5.41) is 0.353. The van der Waals surface area contributed by atoms with Crippen molar-refractivity contribution in [3.05, 3.63) is 108 Å². The molecule has 3 aliphatic rings. The van der Waals surface area contributed by atoms with Gasteiger partial charge in [-0.15, -0.1) is 5.06 Å². The molecule has 3 aliphatic heterocycles. The average molecular weight is 1360 g/mol. The van der Waals surface area contributed by atoms with E-state index in [1.807, 2.05) is 11.8 Å². The standard InChI is InChI=1S/C58H71N3O24S5/c1-57(23-13-35-86(65,66)67)50(60(26-28-80-3)47-20-18-42-44(55(47)57)36-40(87(68,69)70)38-48(42)89(74,75)76)14-9-6-5-7-10-15-51-58(2,24-27-82-31-32-84-34-33-83-30-29-81-4)56-45-37-41(88(71,72)73)39-49(90(77,78)79)43(45)17-19-46(56)59(51)25-12-8-11-16-54(64)85-61-52(62)21-22-53(61)63/h5-7,9-10,14-15,17-20,36-39H,8,11-13,16,21-35H2,1-4H3,(H4-,65,66,67,68,69,70,71,72,73,74,75,76,77,78,79)/p+1. The van der Waals surface area contributed by atoms with Crippen LogP contribution in [0.25, 0.3) is 21.5 Å². The Labute approximate surface area is 522 Å². The van der Waals surface area contributed by atoms with Gasteiger partial charge in [0.15, 0.2) is 12.3 Å². The van der Waals surface area contributed by atoms with E-state index < -0.39 is 105 Å². The number of hydroxylamine groups is 2. The molecule has 7 rings (SSSR count). The van der Waals surface area contributed by atoms with Crippen LogP contribution in [0.3, 0.4) is 0 Å². The van der Waals surface area contributed by atoms with Crippen molar-refractivity contribution in [2.45, 2.75) is 102 Å². The molecule has 90 heavy (non-hydrogen) atoms. The van der Waals surface area contributed by atoms with E-state index in [-0.39, 0.29) is 113 Å². The van der Waals surface area contributed by atoms with Crippen molar-refractivity contribution in [2.75, 3.05) is 90.8 Å². The van der Waals surface area contributed by atoms with Crippen LogP contribution in [-0.4, -0.2) is 184 Å². The van der Waals surface area contributed by atoms with Gasteiger partial charge in [-0.25, -0.2) is 4.79 Å². The molecule has 2 unspecified atom stereocenters. The maximum absolute atomic E-state index is 13.0. The van der Waals surface area contributed by atoms with Crippen molar-refractivity contribution in [3.63, 3.8) is 0 Å². The smallest absolute Gasteiger partial charge is 0.333 e. The predicted molar refractivity (Wildman–Crippen MR) is 327 cm³/mol. The van der Waals surface area contributed by atoms with E-state index in [2.05, 4.69) is 0 Å². The molecule has 4 aromatic rings. The number of ether oxygens (including phenoxy) is 5. The molecule has 1 saturated heterocycles. The molecule has 2 atom stereocenters. The molecular formula is C58H72N3O24S5+. The van der Waals surface area contributed by atoms with Gasteiger partial charge in [0, 0.05) is 91.9 Å². The van der Waals surface area contributed by atoms with Gasteiger partial charge >= 0.3 is 5.97 Å². The van der Waals surface area contributed by atoms with Crippen molar-refractivity contribution in [2.24, 2.45) is 0 Å². The Morgan fingerprint density at radius 3 is 1.67 bits per heavy atom. The van der Waals surface area contributed by atoms with Gasteiger partial charge in [0.2, 0.25) is 5.69 Å². The van der Waals surface area contributed by atoms with Crippen molar-refractivity contribution in [1.82, 2.24) is 5.06 Å². The fourth-order valence-corrected chi connectivity index (χ4v) is 14.7. The number of methoxy groups -OCH3 is 2. The predicted octanol–water partition coefficient (Wildman–Crippen LogP) is 6.23. The molecular weight excluding hydrogens is 1280 g/mol. The largest absolute Gasteiger partial charge is 0.382 e. The summed E-state index contributed by atoms with van der Waals surface area (Å²) < 4.78 is 207. The van der Waals surface area contributed by atoms with Gasteiger partial charge in [-0.05, 0) is 105 Å². The number of hydrogen-bond donors (Lipinski definition) is 5. The van der Waals surface area contributed by atoms with Crippen molar-refractivity contribution in [3.8, 4) is 0 Å². The number of nitrogens with zero attached hydrogens (tertiary/aromatic N) is 3. The SMILES string of the molecule is COCCOCCOCCOCCC1(C)\C(=C/C=C/C=C/C=C/C2=[N+](CCOC)c3ccc4c(S(=O)(=O)O)cc(S(=O)(=O)O)cc4c3C2(C)CCCS(=O)(=O)O)N(CCCCCC(=O)ON2C(=O)CCC2=O)c2ccc3c(S(=O)(=O)O)cc(S(=O)(=O)O)cc3c21. The highest BCUT2D eigenvalue weighted by Gasteiger charge is 2.50. The van der Waals surface area contributed by atoms with Crippen LogP contribution in [-0.2, 0) is 104 Å². The quantitative estimate of drug-likeness (QED) is 0.0114. The number of amides is 2. The Morgan fingerprint density at radius 1 is 0.578 bits per heavy atom. The van der Waals surface area contributed by atoms with E-state index in [0.717, 1.165) is 12.1 Å². The first kappa shape index (κ1) is 71.2. The highest BCUT2D eigenvalue weighted by Crippen LogP contribution is 2.54. The summed E-state index contributed by atoms with van der Waals surface area (Å²) in [7, 11) is -21.9. The first-order valence-electron chi connectivity index (χ1n) is 28.3. The third kappa shape index (κ3) is 17.1. The number of imide groups is 1.